The lowest BCUT2D eigenvalue weighted by Crippen LogP contribution is -2.47. The van der Waals surface area contributed by atoms with E-state index in [0.29, 0.717) is 6.32 Å². The molecule has 9 nitrogen and oxygen atoms in total. The Morgan fingerprint density at radius 3 is 2.31 bits per heavy atom. The maximum atomic E-state index is 8.80. The van der Waals surface area contributed by atoms with Gasteiger partial charge in [0.25, 0.3) is 0 Å². The molecule has 26 heavy (non-hydrogen) atoms. The zero-order valence-electron chi connectivity index (χ0n) is 15.0. The first-order chi connectivity index (χ1) is 12.6. The standard InChI is InChI=1S/C15H28BN5O2.CO2/c17-14(4-1-2-6-16(22)23)5-9-20-10-12-21(13-11-20)15-18-7-3-8-19-15;2-1-3/h3,7-8,14,22-23H,1-2,4-6,9-13,17H2;. The zero-order chi connectivity index (χ0) is 19.2. The molecule has 10 heteroatoms. The Morgan fingerprint density at radius 2 is 1.73 bits per heavy atom. The first-order valence-corrected chi connectivity index (χ1v) is 8.92. The number of anilines is 1. The first-order valence-electron chi connectivity index (χ1n) is 8.92. The van der Waals surface area contributed by atoms with Crippen molar-refractivity contribution < 1.29 is 19.6 Å². The summed E-state index contributed by atoms with van der Waals surface area (Å²) in [5.74, 6) is 0.815. The van der Waals surface area contributed by atoms with E-state index in [-0.39, 0.29) is 12.2 Å². The number of nitrogens with zero attached hydrogens (tertiary/aromatic N) is 4. The molecule has 1 fully saturated rings. The third-order valence-electron chi connectivity index (χ3n) is 4.31. The molecule has 1 unspecified atom stereocenters. The van der Waals surface area contributed by atoms with Gasteiger partial charge in [-0.2, -0.15) is 9.59 Å². The molecule has 2 heterocycles. The number of hydrogen-bond donors (Lipinski definition) is 3. The molecule has 0 aliphatic carbocycles. The van der Waals surface area contributed by atoms with E-state index in [0.717, 1.165) is 64.4 Å². The number of aromatic nitrogens is 2. The van der Waals surface area contributed by atoms with Crippen molar-refractivity contribution in [1.29, 1.82) is 0 Å². The largest absolute Gasteiger partial charge is 0.451 e. The van der Waals surface area contributed by atoms with Gasteiger partial charge in [0, 0.05) is 44.6 Å². The average Bonchev–Trinajstić information content (AvgIpc) is 2.65. The van der Waals surface area contributed by atoms with Crippen LogP contribution in [-0.4, -0.2) is 77.0 Å². The zero-order valence-corrected chi connectivity index (χ0v) is 15.0. The van der Waals surface area contributed by atoms with Gasteiger partial charge in [-0.25, -0.2) is 9.97 Å². The van der Waals surface area contributed by atoms with Gasteiger partial charge in [-0.15, -0.1) is 0 Å². The molecule has 0 aromatic carbocycles. The highest BCUT2D eigenvalue weighted by atomic mass is 16.4. The molecule has 1 atom stereocenters. The molecule has 0 bridgehead atoms. The smallest absolute Gasteiger partial charge is 0.427 e. The van der Waals surface area contributed by atoms with Gasteiger partial charge in [-0.3, -0.25) is 4.90 Å². The van der Waals surface area contributed by atoms with Crippen LogP contribution in [0.5, 0.6) is 0 Å². The summed E-state index contributed by atoms with van der Waals surface area (Å²) in [6.07, 6.45) is 7.97. The molecule has 0 saturated carbocycles. The molecular weight excluding hydrogens is 337 g/mol. The fourth-order valence-electron chi connectivity index (χ4n) is 2.85. The lowest BCUT2D eigenvalue weighted by Gasteiger charge is -2.35. The maximum Gasteiger partial charge on any atom is 0.451 e. The highest BCUT2D eigenvalue weighted by Crippen LogP contribution is 2.11. The third-order valence-corrected chi connectivity index (χ3v) is 4.31. The van der Waals surface area contributed by atoms with Crippen LogP contribution in [0.4, 0.5) is 5.95 Å². The van der Waals surface area contributed by atoms with E-state index < -0.39 is 7.12 Å². The van der Waals surface area contributed by atoms with Crippen LogP contribution in [0.3, 0.4) is 0 Å². The monoisotopic (exact) mass is 365 g/mol. The van der Waals surface area contributed by atoms with Crippen molar-refractivity contribution in [3.8, 4) is 0 Å². The quantitative estimate of drug-likeness (QED) is 0.387. The second kappa shape index (κ2) is 13.4. The summed E-state index contributed by atoms with van der Waals surface area (Å²) in [5.41, 5.74) is 6.14. The number of piperazine rings is 1. The molecule has 0 radical (unpaired) electrons. The van der Waals surface area contributed by atoms with Crippen molar-refractivity contribution >= 4 is 19.2 Å². The summed E-state index contributed by atoms with van der Waals surface area (Å²) < 4.78 is 0. The molecule has 4 N–H and O–H groups in total. The van der Waals surface area contributed by atoms with Crippen molar-refractivity contribution in [2.45, 2.75) is 38.0 Å². The van der Waals surface area contributed by atoms with E-state index in [9.17, 15) is 0 Å². The van der Waals surface area contributed by atoms with Crippen LogP contribution in [0.15, 0.2) is 18.5 Å². The predicted octanol–water partition coefficient (Wildman–Crippen LogP) is -0.624. The van der Waals surface area contributed by atoms with Gasteiger partial charge in [0.05, 0.1) is 0 Å². The van der Waals surface area contributed by atoms with Gasteiger partial charge < -0.3 is 20.7 Å². The van der Waals surface area contributed by atoms with Crippen LogP contribution in [0.2, 0.25) is 6.32 Å². The van der Waals surface area contributed by atoms with Crippen LogP contribution >= 0.6 is 0 Å². The van der Waals surface area contributed by atoms with Crippen molar-refractivity contribution in [3.63, 3.8) is 0 Å². The number of nitrogens with two attached hydrogens (primary N) is 1. The van der Waals surface area contributed by atoms with Gasteiger partial charge >= 0.3 is 13.3 Å². The second-order valence-electron chi connectivity index (χ2n) is 6.27. The summed E-state index contributed by atoms with van der Waals surface area (Å²) in [6, 6.07) is 2.03. The summed E-state index contributed by atoms with van der Waals surface area (Å²) in [4.78, 5) is 29.5. The number of carbonyl (C=O) groups excluding carboxylic acids is 2. The minimum absolute atomic E-state index is 0.196. The van der Waals surface area contributed by atoms with Gasteiger partial charge in [-0.1, -0.05) is 12.8 Å². The van der Waals surface area contributed by atoms with Crippen LogP contribution < -0.4 is 10.6 Å². The maximum absolute atomic E-state index is 8.80. The van der Waals surface area contributed by atoms with E-state index in [4.69, 9.17) is 25.4 Å². The molecule has 0 spiro atoms. The molecule has 1 aliphatic rings. The average molecular weight is 365 g/mol. The van der Waals surface area contributed by atoms with Crippen LogP contribution in [0, 0.1) is 0 Å². The van der Waals surface area contributed by atoms with Crippen LogP contribution in [0.1, 0.15) is 25.7 Å². The molecular formula is C16H28BN5O4. The predicted molar refractivity (Wildman–Crippen MR) is 97.1 cm³/mol. The number of unbranched alkanes of at least 4 members (excludes halogenated alkanes) is 1. The molecule has 144 valence electrons. The fourth-order valence-corrected chi connectivity index (χ4v) is 2.85. The third kappa shape index (κ3) is 9.60. The Morgan fingerprint density at radius 1 is 1.12 bits per heavy atom. The lowest BCUT2D eigenvalue weighted by atomic mass is 9.83. The topological polar surface area (TPSA) is 133 Å². The lowest BCUT2D eigenvalue weighted by molar-refractivity contribution is -0.191. The van der Waals surface area contributed by atoms with Gasteiger partial charge in [0.15, 0.2) is 0 Å². The Kier molecular flexibility index (Phi) is 11.4. The Hall–Kier alpha value is -1.84. The molecule has 1 saturated heterocycles. The van der Waals surface area contributed by atoms with Gasteiger partial charge in [0.1, 0.15) is 0 Å². The van der Waals surface area contributed by atoms with Crippen molar-refractivity contribution in [2.24, 2.45) is 5.73 Å². The fraction of sp³-hybridized carbons (Fsp3) is 0.688. The summed E-state index contributed by atoms with van der Waals surface area (Å²) in [5, 5.41) is 17.6. The number of hydrogen-bond acceptors (Lipinski definition) is 9. The molecule has 1 aromatic rings. The molecule has 1 aromatic heterocycles. The molecule has 1 aliphatic heterocycles. The van der Waals surface area contributed by atoms with E-state index in [1.165, 1.54) is 0 Å². The Balaban J connectivity index is 0.00000105. The molecule has 2 rings (SSSR count). The van der Waals surface area contributed by atoms with Gasteiger partial charge in [-0.05, 0) is 31.8 Å². The highest BCUT2D eigenvalue weighted by molar-refractivity contribution is 6.40. The van der Waals surface area contributed by atoms with Gasteiger partial charge in [0.2, 0.25) is 5.95 Å². The van der Waals surface area contributed by atoms with E-state index in [1.54, 1.807) is 12.4 Å². The minimum atomic E-state index is -1.18. The van der Waals surface area contributed by atoms with E-state index in [1.807, 2.05) is 6.07 Å². The Labute approximate surface area is 154 Å². The van der Waals surface area contributed by atoms with Crippen molar-refractivity contribution in [3.05, 3.63) is 18.5 Å². The molecule has 0 amide bonds. The van der Waals surface area contributed by atoms with E-state index >= 15 is 0 Å². The SMILES string of the molecule is NC(CCCCB(O)O)CCN1CCN(c2ncccn2)CC1.O=C=O. The van der Waals surface area contributed by atoms with Crippen LogP contribution in [-0.2, 0) is 9.59 Å². The summed E-state index contributed by atoms with van der Waals surface area (Å²) in [7, 11) is -1.18. The van der Waals surface area contributed by atoms with Crippen molar-refractivity contribution in [2.75, 3.05) is 37.6 Å². The van der Waals surface area contributed by atoms with E-state index in [2.05, 4.69) is 19.8 Å². The first kappa shape index (κ1) is 22.2. The summed E-state index contributed by atoms with van der Waals surface area (Å²) >= 11 is 0. The summed E-state index contributed by atoms with van der Waals surface area (Å²) in [6.45, 7) is 4.96. The minimum Gasteiger partial charge on any atom is -0.427 e. The second-order valence-corrected chi connectivity index (χ2v) is 6.27. The normalized spacial score (nSPS) is 15.6. The van der Waals surface area contributed by atoms with Crippen molar-refractivity contribution in [1.82, 2.24) is 14.9 Å². The Bertz CT molecular complexity index is 509. The number of rotatable bonds is 9. The van der Waals surface area contributed by atoms with Crippen LogP contribution in [0.25, 0.3) is 0 Å². The highest BCUT2D eigenvalue weighted by Gasteiger charge is 2.19.